The van der Waals surface area contributed by atoms with E-state index >= 15 is 0 Å². The van der Waals surface area contributed by atoms with Crippen LogP contribution in [-0.4, -0.2) is 65.8 Å². The molecule has 3 heterocycles. The van der Waals surface area contributed by atoms with Crippen LogP contribution in [0.5, 0.6) is 0 Å². The molecule has 0 saturated carbocycles. The van der Waals surface area contributed by atoms with Gasteiger partial charge in [-0.25, -0.2) is 0 Å². The topological polar surface area (TPSA) is 9.72 Å². The molecule has 2 aromatic carbocycles. The number of rotatable bonds is 7. The van der Waals surface area contributed by atoms with Crippen LogP contribution in [0, 0.1) is 20.8 Å². The Hall–Kier alpha value is -2.03. The van der Waals surface area contributed by atoms with E-state index in [1.54, 1.807) is 5.57 Å². The fourth-order valence-electron chi connectivity index (χ4n) is 6.54. The molecule has 0 aromatic heterocycles. The highest BCUT2D eigenvalue weighted by molar-refractivity contribution is 7.42. The molecule has 0 bridgehead atoms. The van der Waals surface area contributed by atoms with Crippen LogP contribution in [0.15, 0.2) is 66.0 Å². The highest BCUT2D eigenvalue weighted by Crippen LogP contribution is 2.38. The molecule has 0 spiro atoms. The van der Waals surface area contributed by atoms with Gasteiger partial charge in [0.25, 0.3) is 0 Å². The summed E-state index contributed by atoms with van der Waals surface area (Å²) in [7, 11) is 0.860. The van der Waals surface area contributed by atoms with Crippen LogP contribution in [0.4, 0.5) is 0 Å². The summed E-state index contributed by atoms with van der Waals surface area (Å²) in [5.41, 5.74) is 11.2. The molecule has 202 valence electrons. The third kappa shape index (κ3) is 6.75. The van der Waals surface area contributed by atoms with E-state index in [0.29, 0.717) is 5.78 Å². The Bertz CT molecular complexity index is 1200. The first-order chi connectivity index (χ1) is 18.4. The van der Waals surface area contributed by atoms with Gasteiger partial charge in [0.15, 0.2) is 0 Å². The fraction of sp³-hybridized carbons (Fsp3) is 0.471. The summed E-state index contributed by atoms with van der Waals surface area (Å²) in [5, 5.41) is 0. The lowest BCUT2D eigenvalue weighted by Gasteiger charge is -2.45. The number of piperidine rings is 1. The molecule has 0 radical (unpaired) electrons. The molecule has 2 saturated heterocycles. The average molecular weight is 528 g/mol. The largest absolute Gasteiger partial charge is 0.299 e. The predicted octanol–water partition coefficient (Wildman–Crippen LogP) is 6.93. The quantitative estimate of drug-likeness (QED) is 0.362. The number of hydrogen-bond donors (Lipinski definition) is 0. The lowest BCUT2D eigenvalue weighted by atomic mass is 9.99. The molecule has 4 heteroatoms. The number of nitrogens with zero attached hydrogens (tertiary/aromatic N) is 3. The number of aryl methyl sites for hydroxylation is 3. The van der Waals surface area contributed by atoms with Gasteiger partial charge in [0.05, 0.1) is 5.78 Å². The second-order valence-corrected chi connectivity index (χ2v) is 13.0. The number of piperazine rings is 1. The van der Waals surface area contributed by atoms with Crippen molar-refractivity contribution in [2.75, 3.05) is 39.3 Å². The van der Waals surface area contributed by atoms with Crippen molar-refractivity contribution < 1.29 is 0 Å². The van der Waals surface area contributed by atoms with Crippen molar-refractivity contribution in [3.8, 4) is 0 Å². The van der Waals surface area contributed by atoms with Crippen molar-refractivity contribution in [2.24, 2.45) is 0 Å². The first-order valence-corrected chi connectivity index (χ1v) is 15.7. The van der Waals surface area contributed by atoms with Gasteiger partial charge in [-0.2, -0.15) is 0 Å². The lowest BCUT2D eigenvalue weighted by molar-refractivity contribution is 0.0569. The van der Waals surface area contributed by atoms with E-state index in [1.165, 1.54) is 91.1 Å². The minimum Gasteiger partial charge on any atom is -0.299 e. The Kier molecular flexibility index (Phi) is 9.01. The van der Waals surface area contributed by atoms with Crippen LogP contribution in [0.2, 0.25) is 0 Å². The highest BCUT2D eigenvalue weighted by Gasteiger charge is 2.30. The standard InChI is InChI=1S/C34H46N3P/c1-6-29-17-25(2)18-31(21-29)22-32-20-28(5)34(38-24-32)37-15-13-36(14-16-37)33-9-11-35(12-10-33)23-30-8-7-26(3)27(4)19-30/h6-8,17-21,24,33-34,38H,1,9-16,22-23H2,2-5H3. The summed E-state index contributed by atoms with van der Waals surface area (Å²) in [5.74, 6) is 3.12. The number of allylic oxidation sites excluding steroid dienone is 2. The average Bonchev–Trinajstić information content (AvgIpc) is 2.91. The zero-order valence-electron chi connectivity index (χ0n) is 24.0. The van der Waals surface area contributed by atoms with Crippen molar-refractivity contribution in [3.63, 3.8) is 0 Å². The second kappa shape index (κ2) is 12.4. The number of benzene rings is 2. The van der Waals surface area contributed by atoms with E-state index < -0.39 is 0 Å². The van der Waals surface area contributed by atoms with Crippen LogP contribution in [0.1, 0.15) is 53.1 Å². The van der Waals surface area contributed by atoms with E-state index in [2.05, 4.69) is 97.3 Å². The van der Waals surface area contributed by atoms with Crippen LogP contribution in [-0.2, 0) is 13.0 Å². The summed E-state index contributed by atoms with van der Waals surface area (Å²) < 4.78 is 0. The van der Waals surface area contributed by atoms with E-state index in [9.17, 15) is 0 Å². The van der Waals surface area contributed by atoms with Crippen LogP contribution in [0.25, 0.3) is 6.08 Å². The van der Waals surface area contributed by atoms with Crippen LogP contribution >= 0.6 is 8.58 Å². The van der Waals surface area contributed by atoms with Gasteiger partial charge in [-0.05, 0) is 93.4 Å². The van der Waals surface area contributed by atoms with Crippen molar-refractivity contribution >= 4 is 14.7 Å². The van der Waals surface area contributed by atoms with Crippen molar-refractivity contribution in [1.29, 1.82) is 0 Å². The van der Waals surface area contributed by atoms with E-state index in [4.69, 9.17) is 0 Å². The Morgan fingerprint density at radius 1 is 0.842 bits per heavy atom. The summed E-state index contributed by atoms with van der Waals surface area (Å²) in [4.78, 5) is 8.21. The smallest absolute Gasteiger partial charge is 0.0515 e. The molecule has 2 unspecified atom stereocenters. The molecule has 3 aliphatic rings. The molecule has 0 amide bonds. The molecular formula is C34H46N3P. The Balaban J connectivity index is 1.08. The number of hydrogen-bond acceptors (Lipinski definition) is 3. The molecule has 2 aromatic rings. The van der Waals surface area contributed by atoms with Gasteiger partial charge >= 0.3 is 0 Å². The summed E-state index contributed by atoms with van der Waals surface area (Å²) in [6.07, 6.45) is 8.07. The van der Waals surface area contributed by atoms with E-state index in [0.717, 1.165) is 27.6 Å². The van der Waals surface area contributed by atoms with Crippen LogP contribution in [0.3, 0.4) is 0 Å². The minimum atomic E-state index is 0.599. The van der Waals surface area contributed by atoms with Crippen molar-refractivity contribution in [1.82, 2.24) is 14.7 Å². The molecule has 3 nitrogen and oxygen atoms in total. The van der Waals surface area contributed by atoms with Gasteiger partial charge < -0.3 is 0 Å². The lowest BCUT2D eigenvalue weighted by Crippen LogP contribution is -2.54. The fourth-order valence-corrected chi connectivity index (χ4v) is 7.91. The third-order valence-corrected chi connectivity index (χ3v) is 10.5. The summed E-state index contributed by atoms with van der Waals surface area (Å²) >= 11 is 0. The molecule has 2 fully saturated rings. The van der Waals surface area contributed by atoms with Gasteiger partial charge in [0, 0.05) is 38.8 Å². The predicted molar refractivity (Wildman–Crippen MR) is 166 cm³/mol. The first kappa shape index (κ1) is 27.5. The Morgan fingerprint density at radius 2 is 1.58 bits per heavy atom. The summed E-state index contributed by atoms with van der Waals surface area (Å²) in [6, 6.07) is 14.5. The molecule has 38 heavy (non-hydrogen) atoms. The molecule has 2 atom stereocenters. The maximum atomic E-state index is 3.96. The third-order valence-electron chi connectivity index (χ3n) is 8.84. The first-order valence-electron chi connectivity index (χ1n) is 14.5. The molecule has 0 N–H and O–H groups in total. The van der Waals surface area contributed by atoms with Crippen molar-refractivity contribution in [2.45, 2.75) is 65.3 Å². The van der Waals surface area contributed by atoms with Gasteiger partial charge in [-0.1, -0.05) is 80.7 Å². The van der Waals surface area contributed by atoms with Crippen LogP contribution < -0.4 is 0 Å². The second-order valence-electron chi connectivity index (χ2n) is 11.8. The van der Waals surface area contributed by atoms with Gasteiger partial charge in [0.2, 0.25) is 0 Å². The van der Waals surface area contributed by atoms with E-state index in [1.807, 2.05) is 6.08 Å². The SMILES string of the molecule is C=Cc1cc(C)cc(CC2=CPC(N3CCN(C4CCN(Cc5ccc(C)c(C)c5)CC4)CC3)C(C)=C2)c1. The molecule has 3 aliphatic heterocycles. The van der Waals surface area contributed by atoms with Gasteiger partial charge in [0.1, 0.15) is 0 Å². The van der Waals surface area contributed by atoms with Gasteiger partial charge in [-0.3, -0.25) is 14.7 Å². The van der Waals surface area contributed by atoms with Gasteiger partial charge in [-0.15, -0.1) is 0 Å². The molecule has 0 aliphatic carbocycles. The maximum absolute atomic E-state index is 3.96. The Labute approximate surface area is 233 Å². The highest BCUT2D eigenvalue weighted by atomic mass is 31.1. The normalized spacial score (nSPS) is 22.9. The summed E-state index contributed by atoms with van der Waals surface area (Å²) in [6.45, 7) is 21.3. The Morgan fingerprint density at radius 3 is 2.26 bits per heavy atom. The van der Waals surface area contributed by atoms with E-state index in [-0.39, 0.29) is 0 Å². The minimum absolute atomic E-state index is 0.599. The number of likely N-dealkylation sites (tertiary alicyclic amines) is 1. The zero-order valence-corrected chi connectivity index (χ0v) is 25.0. The molecule has 5 rings (SSSR count). The monoisotopic (exact) mass is 527 g/mol. The molecular weight excluding hydrogens is 481 g/mol. The maximum Gasteiger partial charge on any atom is 0.0515 e. The zero-order chi connectivity index (χ0) is 26.6. The van der Waals surface area contributed by atoms with Crippen molar-refractivity contribution in [3.05, 3.63) is 99.4 Å².